The second-order valence-corrected chi connectivity index (χ2v) is 3.58. The largest absolute Gasteiger partial charge is 0.341 e. The van der Waals surface area contributed by atoms with Crippen LogP contribution in [0.3, 0.4) is 0 Å². The van der Waals surface area contributed by atoms with Crippen molar-refractivity contribution < 1.29 is 9.59 Å². The van der Waals surface area contributed by atoms with Gasteiger partial charge in [-0.3, -0.25) is 10.1 Å². The van der Waals surface area contributed by atoms with Crippen molar-refractivity contribution in [2.75, 3.05) is 12.1 Å². The van der Waals surface area contributed by atoms with Crippen molar-refractivity contribution in [1.82, 2.24) is 10.6 Å². The molecule has 6 heteroatoms. The summed E-state index contributed by atoms with van der Waals surface area (Å²) < 4.78 is 0. The quantitative estimate of drug-likeness (QED) is 0.718. The topological polar surface area (TPSA) is 73.8 Å². The van der Waals surface area contributed by atoms with E-state index in [2.05, 4.69) is 22.3 Å². The molecule has 1 aliphatic heterocycles. The van der Waals surface area contributed by atoms with Crippen molar-refractivity contribution in [3.8, 4) is 0 Å². The number of para-hydroxylation sites is 1. The normalized spacial score (nSPS) is 14.5. The van der Waals surface area contributed by atoms with E-state index in [0.717, 1.165) is 0 Å². The van der Waals surface area contributed by atoms with Crippen LogP contribution in [0.15, 0.2) is 47.6 Å². The molecule has 18 heavy (non-hydrogen) atoms. The molecule has 1 heterocycles. The Kier molecular flexibility index (Phi) is 3.09. The molecule has 0 spiro atoms. The minimum Gasteiger partial charge on any atom is -0.341 e. The molecule has 0 bridgehead atoms. The van der Waals surface area contributed by atoms with Gasteiger partial charge in [-0.05, 0) is 12.1 Å². The zero-order chi connectivity index (χ0) is 13.1. The summed E-state index contributed by atoms with van der Waals surface area (Å²) in [4.78, 5) is 23.1. The van der Waals surface area contributed by atoms with E-state index in [1.165, 1.54) is 12.1 Å². The van der Waals surface area contributed by atoms with Crippen molar-refractivity contribution in [1.29, 1.82) is 0 Å². The molecule has 2 N–H and O–H groups in total. The van der Waals surface area contributed by atoms with Crippen molar-refractivity contribution in [3.05, 3.63) is 42.5 Å². The van der Waals surface area contributed by atoms with E-state index in [1.807, 2.05) is 6.07 Å². The summed E-state index contributed by atoms with van der Waals surface area (Å²) in [6.45, 7) is 3.62. The number of benzene rings is 1. The van der Waals surface area contributed by atoms with E-state index in [1.54, 1.807) is 24.3 Å². The van der Waals surface area contributed by atoms with Gasteiger partial charge in [0.15, 0.2) is 5.84 Å². The number of anilines is 1. The van der Waals surface area contributed by atoms with Crippen LogP contribution in [0.4, 0.5) is 10.5 Å². The first-order valence-electron chi connectivity index (χ1n) is 5.29. The van der Waals surface area contributed by atoms with Crippen molar-refractivity contribution in [3.63, 3.8) is 0 Å². The predicted octanol–water partition coefficient (Wildman–Crippen LogP) is 0.832. The lowest BCUT2D eigenvalue weighted by molar-refractivity contribution is -0.114. The summed E-state index contributed by atoms with van der Waals surface area (Å²) in [5, 5.41) is 10.1. The van der Waals surface area contributed by atoms with Gasteiger partial charge < -0.3 is 5.32 Å². The monoisotopic (exact) mass is 244 g/mol. The minimum absolute atomic E-state index is 0.155. The smallest absolute Gasteiger partial charge is 0.320 e. The fourth-order valence-electron chi connectivity index (χ4n) is 1.45. The maximum absolute atomic E-state index is 11.9. The van der Waals surface area contributed by atoms with Gasteiger partial charge in [0.25, 0.3) is 5.91 Å². The van der Waals surface area contributed by atoms with Crippen molar-refractivity contribution >= 4 is 23.5 Å². The highest BCUT2D eigenvalue weighted by atomic mass is 16.2. The van der Waals surface area contributed by atoms with Crippen molar-refractivity contribution in [2.45, 2.75) is 0 Å². The first-order chi connectivity index (χ1) is 8.63. The van der Waals surface area contributed by atoms with Gasteiger partial charge >= 0.3 is 6.03 Å². The minimum atomic E-state index is -0.447. The molecule has 0 atom stereocenters. The molecule has 3 amide bonds. The number of urea groups is 1. The van der Waals surface area contributed by atoms with E-state index in [9.17, 15) is 9.59 Å². The van der Waals surface area contributed by atoms with Crippen LogP contribution in [0.1, 0.15) is 0 Å². The van der Waals surface area contributed by atoms with Gasteiger partial charge in [0.1, 0.15) is 0 Å². The number of hydrazone groups is 1. The zero-order valence-electron chi connectivity index (χ0n) is 9.80. The Hall–Kier alpha value is -2.63. The Morgan fingerprint density at radius 2 is 2.00 bits per heavy atom. The van der Waals surface area contributed by atoms with E-state index < -0.39 is 6.03 Å². The SMILES string of the molecule is C=C1C(=O)N(c2ccccc2)N=C1NC(=O)NC. The van der Waals surface area contributed by atoms with E-state index in [-0.39, 0.29) is 17.3 Å². The fourth-order valence-corrected chi connectivity index (χ4v) is 1.45. The lowest BCUT2D eigenvalue weighted by Gasteiger charge is -2.10. The van der Waals surface area contributed by atoms with Gasteiger partial charge in [-0.1, -0.05) is 24.8 Å². The maximum Gasteiger partial charge on any atom is 0.320 e. The molecule has 0 aromatic heterocycles. The standard InChI is InChI=1S/C12H12N4O2/c1-8-10(14-12(18)13-2)15-16(11(8)17)9-6-4-3-5-7-9/h3-7H,1H2,2H3,(H2,13,14,15,18). The first kappa shape index (κ1) is 11.8. The van der Waals surface area contributed by atoms with Gasteiger partial charge in [-0.2, -0.15) is 5.01 Å². The summed E-state index contributed by atoms with van der Waals surface area (Å²) in [6.07, 6.45) is 0. The number of hydrogen-bond donors (Lipinski definition) is 2. The molecule has 6 nitrogen and oxygen atoms in total. The van der Waals surface area contributed by atoms with Crippen LogP contribution in [0, 0.1) is 0 Å². The van der Waals surface area contributed by atoms with Crippen molar-refractivity contribution in [2.24, 2.45) is 5.10 Å². The van der Waals surface area contributed by atoms with Crippen LogP contribution >= 0.6 is 0 Å². The number of rotatable bonds is 1. The lowest BCUT2D eigenvalue weighted by Crippen LogP contribution is -2.37. The molecular weight excluding hydrogens is 232 g/mol. The third-order valence-corrected chi connectivity index (χ3v) is 2.40. The Labute approximate surface area is 104 Å². The number of carbonyl (C=O) groups is 2. The van der Waals surface area contributed by atoms with Gasteiger partial charge in [-0.25, -0.2) is 4.79 Å². The van der Waals surface area contributed by atoms with Crippen LogP contribution in [-0.2, 0) is 4.79 Å². The van der Waals surface area contributed by atoms with E-state index >= 15 is 0 Å². The number of hydrogen-bond acceptors (Lipinski definition) is 3. The highest BCUT2D eigenvalue weighted by Gasteiger charge is 2.30. The Morgan fingerprint density at radius 1 is 1.33 bits per heavy atom. The van der Waals surface area contributed by atoms with E-state index in [4.69, 9.17) is 0 Å². The molecule has 0 unspecified atom stereocenters. The van der Waals surface area contributed by atoms with E-state index in [0.29, 0.717) is 5.69 Å². The summed E-state index contributed by atoms with van der Waals surface area (Å²) in [5.74, 6) is -0.198. The average Bonchev–Trinajstić information content (AvgIpc) is 2.68. The summed E-state index contributed by atoms with van der Waals surface area (Å²) >= 11 is 0. The molecule has 1 aromatic carbocycles. The molecule has 0 radical (unpaired) electrons. The number of amides is 3. The van der Waals surface area contributed by atoms with Crippen LogP contribution in [0.25, 0.3) is 0 Å². The summed E-state index contributed by atoms with van der Waals surface area (Å²) in [7, 11) is 1.48. The highest BCUT2D eigenvalue weighted by Crippen LogP contribution is 2.21. The molecule has 0 saturated carbocycles. The van der Waals surface area contributed by atoms with Gasteiger partial charge in [-0.15, -0.1) is 5.10 Å². The average molecular weight is 244 g/mol. The predicted molar refractivity (Wildman–Crippen MR) is 68.1 cm³/mol. The van der Waals surface area contributed by atoms with Gasteiger partial charge in [0.05, 0.1) is 11.3 Å². The third-order valence-electron chi connectivity index (χ3n) is 2.40. The van der Waals surface area contributed by atoms with Gasteiger partial charge in [0.2, 0.25) is 0 Å². The molecule has 2 rings (SSSR count). The molecule has 0 saturated heterocycles. The van der Waals surface area contributed by atoms with Crippen LogP contribution in [-0.4, -0.2) is 24.8 Å². The number of carbonyl (C=O) groups excluding carboxylic acids is 2. The fraction of sp³-hybridized carbons (Fsp3) is 0.0833. The number of amidine groups is 1. The third kappa shape index (κ3) is 2.08. The van der Waals surface area contributed by atoms with Gasteiger partial charge in [0, 0.05) is 7.05 Å². The second kappa shape index (κ2) is 4.70. The molecule has 1 aromatic rings. The van der Waals surface area contributed by atoms with Crippen LogP contribution in [0.5, 0.6) is 0 Å². The maximum atomic E-state index is 11.9. The van der Waals surface area contributed by atoms with Crippen LogP contribution in [0.2, 0.25) is 0 Å². The summed E-state index contributed by atoms with van der Waals surface area (Å²) in [6, 6.07) is 8.48. The number of nitrogens with one attached hydrogen (secondary N) is 2. The first-order valence-corrected chi connectivity index (χ1v) is 5.29. The highest BCUT2D eigenvalue weighted by molar-refractivity contribution is 6.31. The van der Waals surface area contributed by atoms with Crippen LogP contribution < -0.4 is 15.6 Å². The molecule has 0 fully saturated rings. The Morgan fingerprint density at radius 3 is 2.61 bits per heavy atom. The molecule has 1 aliphatic rings. The molecule has 92 valence electrons. The Balaban J connectivity index is 2.26. The summed E-state index contributed by atoms with van der Waals surface area (Å²) in [5.41, 5.74) is 0.778. The molecule has 0 aliphatic carbocycles. The lowest BCUT2D eigenvalue weighted by atomic mass is 10.2. The Bertz CT molecular complexity index is 536. The number of nitrogens with zero attached hydrogens (tertiary/aromatic N) is 2. The zero-order valence-corrected chi connectivity index (χ0v) is 9.80. The molecular formula is C12H12N4O2. The second-order valence-electron chi connectivity index (χ2n) is 3.58.